The lowest BCUT2D eigenvalue weighted by Crippen LogP contribution is -2.45. The van der Waals surface area contributed by atoms with Crippen molar-refractivity contribution in [3.8, 4) is 0 Å². The van der Waals surface area contributed by atoms with Crippen molar-refractivity contribution in [1.29, 1.82) is 0 Å². The maximum atomic E-state index is 5.78. The van der Waals surface area contributed by atoms with E-state index in [4.69, 9.17) is 10.6 Å². The number of methoxy groups -OCH3 is 1. The predicted molar refractivity (Wildman–Crippen MR) is 78.8 cm³/mol. The molecule has 3 nitrogen and oxygen atoms in total. The summed E-state index contributed by atoms with van der Waals surface area (Å²) < 4.78 is 5.69. The largest absolute Gasteiger partial charge is 0.376 e. The van der Waals surface area contributed by atoms with Crippen LogP contribution in [0.4, 0.5) is 0 Å². The van der Waals surface area contributed by atoms with Gasteiger partial charge < -0.3 is 4.74 Å². The van der Waals surface area contributed by atoms with Crippen LogP contribution in [-0.4, -0.2) is 12.7 Å². The highest BCUT2D eigenvalue weighted by Gasteiger charge is 2.33. The van der Waals surface area contributed by atoms with Crippen molar-refractivity contribution in [2.45, 2.75) is 57.1 Å². The van der Waals surface area contributed by atoms with Crippen molar-refractivity contribution in [3.63, 3.8) is 0 Å². The monoisotopic (exact) mass is 262 g/mol. The summed E-state index contributed by atoms with van der Waals surface area (Å²) >= 11 is 0. The van der Waals surface area contributed by atoms with E-state index in [9.17, 15) is 0 Å². The summed E-state index contributed by atoms with van der Waals surface area (Å²) in [6, 6.07) is 8.82. The molecule has 3 N–H and O–H groups in total. The Bertz CT molecular complexity index is 411. The molecule has 0 spiro atoms. The maximum Gasteiger partial charge on any atom is 0.0854 e. The minimum Gasteiger partial charge on any atom is -0.376 e. The standard InChI is InChI=1S/C16H26N2O/c1-4-16(2,19-3)15(18-17)14-10-6-9-13(11-14)12-7-5-8-12/h6,9-12,15,18H,4-5,7-8,17H2,1-3H3. The van der Waals surface area contributed by atoms with Crippen molar-refractivity contribution in [2.24, 2.45) is 5.84 Å². The second-order valence-electron chi connectivity index (χ2n) is 5.77. The summed E-state index contributed by atoms with van der Waals surface area (Å²) in [5, 5.41) is 0. The molecule has 0 saturated heterocycles. The second kappa shape index (κ2) is 6.04. The van der Waals surface area contributed by atoms with E-state index >= 15 is 0 Å². The van der Waals surface area contributed by atoms with E-state index in [0.29, 0.717) is 0 Å². The number of benzene rings is 1. The number of hydrogen-bond acceptors (Lipinski definition) is 3. The fourth-order valence-corrected chi connectivity index (χ4v) is 2.83. The molecule has 2 rings (SSSR count). The molecule has 0 amide bonds. The lowest BCUT2D eigenvalue weighted by Gasteiger charge is -2.36. The summed E-state index contributed by atoms with van der Waals surface area (Å²) in [6.07, 6.45) is 4.91. The van der Waals surface area contributed by atoms with Crippen molar-refractivity contribution >= 4 is 0 Å². The predicted octanol–water partition coefficient (Wildman–Crippen LogP) is 3.27. The molecule has 1 aromatic rings. The van der Waals surface area contributed by atoms with E-state index in [1.165, 1.54) is 30.4 Å². The molecule has 106 valence electrons. The molecule has 1 aliphatic carbocycles. The number of hydrogen-bond donors (Lipinski definition) is 2. The molecule has 3 heteroatoms. The zero-order valence-corrected chi connectivity index (χ0v) is 12.3. The summed E-state index contributed by atoms with van der Waals surface area (Å²) in [5.41, 5.74) is 5.32. The van der Waals surface area contributed by atoms with Gasteiger partial charge in [-0.3, -0.25) is 11.3 Å². The first-order chi connectivity index (χ1) is 9.14. The smallest absolute Gasteiger partial charge is 0.0854 e. The van der Waals surface area contributed by atoms with Crippen molar-refractivity contribution < 1.29 is 4.74 Å². The Morgan fingerprint density at radius 3 is 2.68 bits per heavy atom. The number of nitrogens with two attached hydrogens (primary N) is 1. The average molecular weight is 262 g/mol. The van der Waals surface area contributed by atoms with Gasteiger partial charge in [0.2, 0.25) is 0 Å². The Morgan fingerprint density at radius 2 is 2.21 bits per heavy atom. The molecule has 0 aromatic heterocycles. The molecule has 0 aliphatic heterocycles. The van der Waals surface area contributed by atoms with E-state index in [-0.39, 0.29) is 11.6 Å². The van der Waals surface area contributed by atoms with Gasteiger partial charge >= 0.3 is 0 Å². The van der Waals surface area contributed by atoms with Crippen LogP contribution in [0.25, 0.3) is 0 Å². The molecule has 0 bridgehead atoms. The lowest BCUT2D eigenvalue weighted by atomic mass is 9.78. The van der Waals surface area contributed by atoms with E-state index in [1.54, 1.807) is 7.11 Å². The summed E-state index contributed by atoms with van der Waals surface area (Å²) in [5.74, 6) is 6.53. The van der Waals surface area contributed by atoms with Gasteiger partial charge in [-0.25, -0.2) is 0 Å². The first-order valence-corrected chi connectivity index (χ1v) is 7.25. The molecule has 1 saturated carbocycles. The van der Waals surface area contributed by atoms with Crippen LogP contribution in [0, 0.1) is 0 Å². The van der Waals surface area contributed by atoms with Gasteiger partial charge in [0.05, 0.1) is 11.6 Å². The molecule has 0 radical (unpaired) electrons. The van der Waals surface area contributed by atoms with Gasteiger partial charge in [-0.05, 0) is 43.2 Å². The molecule has 2 atom stereocenters. The van der Waals surface area contributed by atoms with Gasteiger partial charge in [-0.1, -0.05) is 37.6 Å². The Balaban J connectivity index is 2.27. The minimum absolute atomic E-state index is 0.0162. The number of nitrogens with one attached hydrogen (secondary N) is 1. The molecule has 1 fully saturated rings. The molecular formula is C16H26N2O. The zero-order chi connectivity index (χ0) is 13.9. The molecule has 2 unspecified atom stereocenters. The quantitative estimate of drug-likeness (QED) is 0.611. The van der Waals surface area contributed by atoms with Gasteiger partial charge in [-0.15, -0.1) is 0 Å². The van der Waals surface area contributed by atoms with Crippen LogP contribution >= 0.6 is 0 Å². The topological polar surface area (TPSA) is 47.3 Å². The second-order valence-corrected chi connectivity index (χ2v) is 5.77. The number of ether oxygens (including phenoxy) is 1. The van der Waals surface area contributed by atoms with Gasteiger partial charge in [-0.2, -0.15) is 0 Å². The highest BCUT2D eigenvalue weighted by Crippen LogP contribution is 2.38. The SMILES string of the molecule is CCC(C)(OC)C(NN)c1cccc(C2CCC2)c1. The molecular weight excluding hydrogens is 236 g/mol. The summed E-state index contributed by atoms with van der Waals surface area (Å²) in [6.45, 7) is 4.23. The Hall–Kier alpha value is -0.900. The van der Waals surface area contributed by atoms with Crippen LogP contribution in [0.1, 0.15) is 62.6 Å². The van der Waals surface area contributed by atoms with Gasteiger partial charge in [0, 0.05) is 7.11 Å². The fourth-order valence-electron chi connectivity index (χ4n) is 2.83. The van der Waals surface area contributed by atoms with Crippen LogP contribution in [0.3, 0.4) is 0 Å². The number of rotatable bonds is 6. The Labute approximate surface area is 116 Å². The van der Waals surface area contributed by atoms with E-state index < -0.39 is 0 Å². The minimum atomic E-state index is -0.285. The third-order valence-electron chi connectivity index (χ3n) is 4.77. The van der Waals surface area contributed by atoms with E-state index in [1.807, 2.05) is 0 Å². The highest BCUT2D eigenvalue weighted by molar-refractivity contribution is 5.31. The van der Waals surface area contributed by atoms with Crippen LogP contribution in [-0.2, 0) is 4.74 Å². The lowest BCUT2D eigenvalue weighted by molar-refractivity contribution is -0.0300. The summed E-state index contributed by atoms with van der Waals surface area (Å²) in [7, 11) is 1.75. The average Bonchev–Trinajstić information content (AvgIpc) is 2.38. The van der Waals surface area contributed by atoms with Crippen LogP contribution in [0.15, 0.2) is 24.3 Å². The first-order valence-electron chi connectivity index (χ1n) is 7.25. The van der Waals surface area contributed by atoms with Gasteiger partial charge in [0.25, 0.3) is 0 Å². The third kappa shape index (κ3) is 2.83. The molecule has 1 aliphatic rings. The van der Waals surface area contributed by atoms with E-state index in [2.05, 4.69) is 43.5 Å². The van der Waals surface area contributed by atoms with Crippen LogP contribution in [0.2, 0.25) is 0 Å². The van der Waals surface area contributed by atoms with Crippen molar-refractivity contribution in [3.05, 3.63) is 35.4 Å². The number of hydrazine groups is 1. The summed E-state index contributed by atoms with van der Waals surface area (Å²) in [4.78, 5) is 0. The fraction of sp³-hybridized carbons (Fsp3) is 0.625. The normalized spacial score (nSPS) is 20.6. The van der Waals surface area contributed by atoms with Crippen LogP contribution in [0.5, 0.6) is 0 Å². The van der Waals surface area contributed by atoms with Crippen LogP contribution < -0.4 is 11.3 Å². The maximum absolute atomic E-state index is 5.78. The van der Waals surface area contributed by atoms with Gasteiger partial charge in [0.1, 0.15) is 0 Å². The molecule has 1 aromatic carbocycles. The highest BCUT2D eigenvalue weighted by atomic mass is 16.5. The van der Waals surface area contributed by atoms with E-state index in [0.717, 1.165) is 12.3 Å². The third-order valence-corrected chi connectivity index (χ3v) is 4.77. The Kier molecular flexibility index (Phi) is 4.61. The Morgan fingerprint density at radius 1 is 1.47 bits per heavy atom. The van der Waals surface area contributed by atoms with Crippen molar-refractivity contribution in [1.82, 2.24) is 5.43 Å². The molecule has 0 heterocycles. The van der Waals surface area contributed by atoms with Crippen molar-refractivity contribution in [2.75, 3.05) is 7.11 Å². The molecule has 19 heavy (non-hydrogen) atoms. The van der Waals surface area contributed by atoms with Gasteiger partial charge in [0.15, 0.2) is 0 Å². The zero-order valence-electron chi connectivity index (χ0n) is 12.3. The first kappa shape index (κ1) is 14.5.